The van der Waals surface area contributed by atoms with Crippen LogP contribution in [-0.4, -0.2) is 47.2 Å². The summed E-state index contributed by atoms with van der Waals surface area (Å²) >= 11 is 0. The largest absolute Gasteiger partial charge is 0.467 e. The highest BCUT2D eigenvalue weighted by Gasteiger charge is 2.34. The molecule has 6 nitrogen and oxygen atoms in total. The summed E-state index contributed by atoms with van der Waals surface area (Å²) in [5.41, 5.74) is 0.635. The standard InChI is InChI=1S/C26H21F2N5O.2C2H6/c1-3-17-20(27)10-7-14-5-4-6-18(21(14)17)23-22(28)24-19(11-29-23)25(32-26(31-24)34-2)33-12-15-8-9-16(13-33)30-15;2*1-2/h1,4-7,10-11,15-16,30H,8-9,12-13H2,2H3;2*1-2H3. The van der Waals surface area contributed by atoms with E-state index in [1.54, 1.807) is 30.5 Å². The molecule has 8 heteroatoms. The van der Waals surface area contributed by atoms with Crippen LogP contribution in [0.5, 0.6) is 6.01 Å². The van der Waals surface area contributed by atoms with Gasteiger partial charge in [0.25, 0.3) is 0 Å². The number of benzene rings is 2. The molecular weight excluding hydrogens is 484 g/mol. The summed E-state index contributed by atoms with van der Waals surface area (Å²) in [6, 6.07) is 9.03. The molecule has 2 saturated heterocycles. The topological polar surface area (TPSA) is 63.2 Å². The summed E-state index contributed by atoms with van der Waals surface area (Å²) in [5, 5.41) is 5.23. The lowest BCUT2D eigenvalue weighted by atomic mass is 9.96. The maximum Gasteiger partial charge on any atom is 0.318 e. The van der Waals surface area contributed by atoms with Crippen LogP contribution in [0.3, 0.4) is 0 Å². The predicted molar refractivity (Wildman–Crippen MR) is 150 cm³/mol. The van der Waals surface area contributed by atoms with Gasteiger partial charge in [-0.15, -0.1) is 6.42 Å². The third kappa shape index (κ3) is 4.74. The molecule has 0 amide bonds. The van der Waals surface area contributed by atoms with E-state index < -0.39 is 11.6 Å². The molecule has 2 aliphatic rings. The van der Waals surface area contributed by atoms with Gasteiger partial charge < -0.3 is 15.0 Å². The van der Waals surface area contributed by atoms with Gasteiger partial charge in [0.2, 0.25) is 0 Å². The van der Waals surface area contributed by atoms with E-state index >= 15 is 4.39 Å². The summed E-state index contributed by atoms with van der Waals surface area (Å²) in [5.74, 6) is 1.84. The van der Waals surface area contributed by atoms with Crippen molar-refractivity contribution in [3.63, 3.8) is 0 Å². The van der Waals surface area contributed by atoms with E-state index in [1.165, 1.54) is 13.2 Å². The molecule has 38 heavy (non-hydrogen) atoms. The summed E-state index contributed by atoms with van der Waals surface area (Å²) in [6.07, 6.45) is 9.40. The van der Waals surface area contributed by atoms with Crippen LogP contribution in [0.25, 0.3) is 32.9 Å². The molecule has 0 aliphatic carbocycles. The van der Waals surface area contributed by atoms with E-state index in [9.17, 15) is 4.39 Å². The van der Waals surface area contributed by atoms with Crippen molar-refractivity contribution in [2.75, 3.05) is 25.1 Å². The molecule has 2 aromatic heterocycles. The molecule has 198 valence electrons. The van der Waals surface area contributed by atoms with Gasteiger partial charge in [-0.1, -0.05) is 57.9 Å². The Balaban J connectivity index is 0.000000804. The van der Waals surface area contributed by atoms with Crippen molar-refractivity contribution in [1.82, 2.24) is 20.3 Å². The minimum Gasteiger partial charge on any atom is -0.467 e. The number of pyridine rings is 1. The summed E-state index contributed by atoms with van der Waals surface area (Å²) < 4.78 is 35.9. The number of hydrogen-bond donors (Lipinski definition) is 1. The van der Waals surface area contributed by atoms with Gasteiger partial charge in [0, 0.05) is 42.3 Å². The zero-order valence-corrected chi connectivity index (χ0v) is 22.5. The van der Waals surface area contributed by atoms with Crippen LogP contribution >= 0.6 is 0 Å². The molecule has 2 aliphatic heterocycles. The van der Waals surface area contributed by atoms with Gasteiger partial charge in [0.15, 0.2) is 5.82 Å². The highest BCUT2D eigenvalue weighted by molar-refractivity contribution is 6.02. The number of aromatic nitrogens is 3. The van der Waals surface area contributed by atoms with Gasteiger partial charge in [-0.2, -0.15) is 9.97 Å². The zero-order chi connectivity index (χ0) is 27.4. The van der Waals surface area contributed by atoms with E-state index in [0.29, 0.717) is 39.6 Å². The summed E-state index contributed by atoms with van der Waals surface area (Å²) in [7, 11) is 1.46. The number of nitrogens with zero attached hydrogens (tertiary/aromatic N) is 4. The monoisotopic (exact) mass is 517 g/mol. The number of nitrogens with one attached hydrogen (secondary N) is 1. The first kappa shape index (κ1) is 27.2. The molecule has 2 fully saturated rings. The molecule has 4 aromatic rings. The first-order chi connectivity index (χ1) is 18.6. The van der Waals surface area contributed by atoms with Crippen LogP contribution in [0, 0.1) is 24.0 Å². The highest BCUT2D eigenvalue weighted by atomic mass is 19.1. The number of anilines is 1. The van der Waals surface area contributed by atoms with Gasteiger partial charge in [-0.3, -0.25) is 4.98 Å². The normalized spacial score (nSPS) is 17.8. The Bertz CT molecular complexity index is 1490. The molecule has 2 aromatic carbocycles. The molecule has 2 bridgehead atoms. The number of rotatable bonds is 3. The van der Waals surface area contributed by atoms with Gasteiger partial charge in [-0.25, -0.2) is 8.78 Å². The van der Waals surface area contributed by atoms with E-state index in [1.807, 2.05) is 27.7 Å². The number of ether oxygens (including phenoxy) is 1. The fourth-order valence-electron chi connectivity index (χ4n) is 5.20. The van der Waals surface area contributed by atoms with Crippen LogP contribution in [-0.2, 0) is 0 Å². The van der Waals surface area contributed by atoms with Crippen molar-refractivity contribution < 1.29 is 13.5 Å². The van der Waals surface area contributed by atoms with Crippen molar-refractivity contribution in [3.8, 4) is 29.6 Å². The number of halogens is 2. The Morgan fingerprint density at radius 3 is 2.39 bits per heavy atom. The third-order valence-electron chi connectivity index (χ3n) is 6.74. The van der Waals surface area contributed by atoms with Crippen LogP contribution in [0.15, 0.2) is 36.5 Å². The zero-order valence-electron chi connectivity index (χ0n) is 22.5. The second kappa shape index (κ2) is 11.7. The van der Waals surface area contributed by atoms with E-state index in [-0.39, 0.29) is 22.8 Å². The minimum atomic E-state index is -0.628. The van der Waals surface area contributed by atoms with E-state index in [4.69, 9.17) is 11.2 Å². The maximum absolute atomic E-state index is 16.1. The van der Waals surface area contributed by atoms with Crippen molar-refractivity contribution in [2.45, 2.75) is 52.6 Å². The van der Waals surface area contributed by atoms with Crippen molar-refractivity contribution in [1.29, 1.82) is 0 Å². The minimum absolute atomic E-state index is 0.0484. The first-order valence-corrected chi connectivity index (χ1v) is 13.2. The predicted octanol–water partition coefficient (Wildman–Crippen LogP) is 6.11. The summed E-state index contributed by atoms with van der Waals surface area (Å²) in [4.78, 5) is 15.5. The van der Waals surface area contributed by atoms with Crippen molar-refractivity contribution in [3.05, 3.63) is 53.7 Å². The lowest BCUT2D eigenvalue weighted by Gasteiger charge is -2.34. The average Bonchev–Trinajstić information content (AvgIpc) is 3.31. The first-order valence-electron chi connectivity index (χ1n) is 13.2. The number of fused-ring (bicyclic) bond motifs is 4. The average molecular weight is 518 g/mol. The lowest BCUT2D eigenvalue weighted by molar-refractivity contribution is 0.380. The molecule has 4 heterocycles. The Labute approximate surface area is 222 Å². The highest BCUT2D eigenvalue weighted by Crippen LogP contribution is 2.37. The SMILES string of the molecule is C#Cc1c(F)ccc2cccc(-c3ncc4c(N5CC6CCC(C5)N6)nc(OC)nc4c3F)c12.CC.CC. The summed E-state index contributed by atoms with van der Waals surface area (Å²) in [6.45, 7) is 9.53. The maximum atomic E-state index is 16.1. The van der Waals surface area contributed by atoms with Gasteiger partial charge in [-0.05, 0) is 24.3 Å². The molecular formula is C30H33F2N5O. The van der Waals surface area contributed by atoms with E-state index in [2.05, 4.69) is 31.1 Å². The van der Waals surface area contributed by atoms with Crippen LogP contribution < -0.4 is 15.0 Å². The van der Waals surface area contributed by atoms with Gasteiger partial charge in [0.05, 0.1) is 18.1 Å². The molecule has 0 radical (unpaired) electrons. The Kier molecular flexibility index (Phi) is 8.38. The molecule has 0 saturated carbocycles. The number of hydrogen-bond acceptors (Lipinski definition) is 6. The number of methoxy groups -OCH3 is 1. The molecule has 2 unspecified atom stereocenters. The van der Waals surface area contributed by atoms with Gasteiger partial charge >= 0.3 is 6.01 Å². The Morgan fingerprint density at radius 2 is 1.74 bits per heavy atom. The van der Waals surface area contributed by atoms with Crippen molar-refractivity contribution in [2.24, 2.45) is 0 Å². The number of terminal acetylenes is 1. The lowest BCUT2D eigenvalue weighted by Crippen LogP contribution is -2.51. The Hall–Kier alpha value is -3.83. The smallest absolute Gasteiger partial charge is 0.318 e. The van der Waals surface area contributed by atoms with Crippen LogP contribution in [0.1, 0.15) is 46.1 Å². The quantitative estimate of drug-likeness (QED) is 0.331. The number of piperazine rings is 1. The fourth-order valence-corrected chi connectivity index (χ4v) is 5.20. The van der Waals surface area contributed by atoms with Crippen LogP contribution in [0.2, 0.25) is 0 Å². The second-order valence-electron chi connectivity index (χ2n) is 8.73. The second-order valence-corrected chi connectivity index (χ2v) is 8.73. The van der Waals surface area contributed by atoms with E-state index in [0.717, 1.165) is 25.9 Å². The molecule has 1 N–H and O–H groups in total. The Morgan fingerprint density at radius 1 is 1.03 bits per heavy atom. The van der Waals surface area contributed by atoms with Crippen LogP contribution in [0.4, 0.5) is 14.6 Å². The third-order valence-corrected chi connectivity index (χ3v) is 6.74. The molecule has 0 spiro atoms. The van der Waals surface area contributed by atoms with Crippen molar-refractivity contribution >= 4 is 27.5 Å². The van der Waals surface area contributed by atoms with Gasteiger partial charge in [0.1, 0.15) is 22.8 Å². The fraction of sp³-hybridized carbons (Fsp3) is 0.367. The molecule has 2 atom stereocenters. The molecule has 6 rings (SSSR count).